The number of benzene rings is 2. The molecule has 0 unspecified atom stereocenters. The van der Waals surface area contributed by atoms with Crippen LogP contribution in [-0.2, 0) is 0 Å². The lowest BCUT2D eigenvalue weighted by molar-refractivity contribution is 0.234. The smallest absolute Gasteiger partial charge is 0.321 e. The summed E-state index contributed by atoms with van der Waals surface area (Å²) in [4.78, 5) is 11.7. The molecule has 0 aliphatic carbocycles. The second-order valence-electron chi connectivity index (χ2n) is 4.39. The molecule has 2 rings (SSSR count). The number of urea groups is 1. The normalized spacial score (nSPS) is 10.0. The predicted octanol–water partition coefficient (Wildman–Crippen LogP) is 3.51. The van der Waals surface area contributed by atoms with Gasteiger partial charge in [-0.05, 0) is 37.3 Å². The third kappa shape index (κ3) is 4.57. The predicted molar refractivity (Wildman–Crippen MR) is 81.9 cm³/mol. The Morgan fingerprint density at radius 3 is 2.67 bits per heavy atom. The van der Waals surface area contributed by atoms with Crippen LogP contribution in [0.4, 0.5) is 10.5 Å². The Morgan fingerprint density at radius 1 is 1.24 bits per heavy atom. The molecule has 0 bridgehead atoms. The zero-order valence-electron chi connectivity index (χ0n) is 11.4. The van der Waals surface area contributed by atoms with Crippen LogP contribution in [0, 0.1) is 6.92 Å². The number of halogens is 1. The molecule has 2 aromatic carbocycles. The minimum absolute atomic E-state index is 0.0101. The Kier molecular flexibility index (Phi) is 4.90. The van der Waals surface area contributed by atoms with Crippen molar-refractivity contribution in [3.05, 3.63) is 53.1 Å². The number of nitrogens with one attached hydrogen (secondary N) is 2. The van der Waals surface area contributed by atoms with E-state index in [4.69, 9.17) is 16.3 Å². The number of hydrogen-bond acceptors (Lipinski definition) is 3. The Bertz CT molecular complexity index is 629. The van der Waals surface area contributed by atoms with E-state index in [0.717, 1.165) is 5.56 Å². The van der Waals surface area contributed by atoms with Crippen molar-refractivity contribution >= 4 is 23.3 Å². The molecule has 0 aromatic heterocycles. The summed E-state index contributed by atoms with van der Waals surface area (Å²) in [7, 11) is 0. The molecule has 0 saturated carbocycles. The molecule has 2 aromatic rings. The van der Waals surface area contributed by atoms with Gasteiger partial charge < -0.3 is 20.5 Å². The number of anilines is 1. The zero-order chi connectivity index (χ0) is 15.2. The summed E-state index contributed by atoms with van der Waals surface area (Å²) in [5.74, 6) is 0.598. The summed E-state index contributed by atoms with van der Waals surface area (Å²) in [5, 5.41) is 15.0. The Hall–Kier alpha value is -2.40. The molecule has 0 atom stereocenters. The van der Waals surface area contributed by atoms with Crippen LogP contribution < -0.4 is 15.4 Å². The van der Waals surface area contributed by atoms with Crippen molar-refractivity contribution < 1.29 is 14.6 Å². The summed E-state index contributed by atoms with van der Waals surface area (Å²) < 4.78 is 5.36. The monoisotopic (exact) mass is 306 g/mol. The lowest BCUT2D eigenvalue weighted by Crippen LogP contribution is -2.32. The van der Waals surface area contributed by atoms with E-state index in [1.807, 2.05) is 31.2 Å². The van der Waals surface area contributed by atoms with Gasteiger partial charge in [0, 0.05) is 5.02 Å². The van der Waals surface area contributed by atoms with Gasteiger partial charge in [0.15, 0.2) is 6.73 Å². The van der Waals surface area contributed by atoms with Gasteiger partial charge in [-0.2, -0.15) is 0 Å². The summed E-state index contributed by atoms with van der Waals surface area (Å²) in [6.45, 7) is 1.99. The van der Waals surface area contributed by atoms with E-state index in [0.29, 0.717) is 10.8 Å². The number of aryl methyl sites for hydroxylation is 1. The molecule has 110 valence electrons. The lowest BCUT2D eigenvalue weighted by Gasteiger charge is -2.10. The molecule has 3 N–H and O–H groups in total. The number of ether oxygens (including phenoxy) is 1. The van der Waals surface area contributed by atoms with Crippen LogP contribution in [0.3, 0.4) is 0 Å². The number of phenolic OH excluding ortho intramolecular Hbond substituents is 1. The van der Waals surface area contributed by atoms with Crippen LogP contribution in [-0.4, -0.2) is 17.9 Å². The largest absolute Gasteiger partial charge is 0.506 e. The van der Waals surface area contributed by atoms with Crippen molar-refractivity contribution in [3.63, 3.8) is 0 Å². The number of aromatic hydroxyl groups is 1. The van der Waals surface area contributed by atoms with Crippen LogP contribution in [0.2, 0.25) is 5.02 Å². The maximum atomic E-state index is 11.7. The van der Waals surface area contributed by atoms with E-state index in [2.05, 4.69) is 10.6 Å². The zero-order valence-corrected chi connectivity index (χ0v) is 12.1. The molecular weight excluding hydrogens is 292 g/mol. The van der Waals surface area contributed by atoms with Crippen LogP contribution in [0.1, 0.15) is 5.56 Å². The quantitative estimate of drug-likeness (QED) is 0.598. The molecule has 2 amide bonds. The van der Waals surface area contributed by atoms with Gasteiger partial charge in [0.1, 0.15) is 11.5 Å². The minimum Gasteiger partial charge on any atom is -0.506 e. The van der Waals surface area contributed by atoms with E-state index in [-0.39, 0.29) is 18.2 Å². The first-order valence-electron chi connectivity index (χ1n) is 6.27. The van der Waals surface area contributed by atoms with Gasteiger partial charge in [0.25, 0.3) is 0 Å². The molecule has 0 radical (unpaired) electrons. The highest BCUT2D eigenvalue weighted by Gasteiger charge is 2.06. The van der Waals surface area contributed by atoms with Gasteiger partial charge in [0.05, 0.1) is 5.69 Å². The van der Waals surface area contributed by atoms with Gasteiger partial charge in [-0.3, -0.25) is 0 Å². The summed E-state index contributed by atoms with van der Waals surface area (Å²) in [6, 6.07) is 11.4. The molecule has 21 heavy (non-hydrogen) atoms. The van der Waals surface area contributed by atoms with Crippen molar-refractivity contribution in [1.82, 2.24) is 5.32 Å². The summed E-state index contributed by atoms with van der Waals surface area (Å²) in [5.41, 5.74) is 1.36. The highest BCUT2D eigenvalue weighted by Crippen LogP contribution is 2.26. The molecular formula is C15H15ClN2O3. The van der Waals surface area contributed by atoms with Gasteiger partial charge >= 0.3 is 6.03 Å². The van der Waals surface area contributed by atoms with E-state index in [1.165, 1.54) is 18.2 Å². The number of amides is 2. The average Bonchev–Trinajstić information content (AvgIpc) is 2.45. The Balaban J connectivity index is 1.82. The third-order valence-corrected chi connectivity index (χ3v) is 2.93. The molecule has 0 fully saturated rings. The van der Waals surface area contributed by atoms with E-state index >= 15 is 0 Å². The van der Waals surface area contributed by atoms with Crippen molar-refractivity contribution in [3.8, 4) is 11.5 Å². The van der Waals surface area contributed by atoms with Gasteiger partial charge in [0.2, 0.25) is 0 Å². The first-order valence-corrected chi connectivity index (χ1v) is 6.65. The average molecular weight is 307 g/mol. The summed E-state index contributed by atoms with van der Waals surface area (Å²) in [6.07, 6.45) is 0. The molecule has 0 aliphatic rings. The number of rotatable bonds is 4. The fourth-order valence-corrected chi connectivity index (χ4v) is 1.77. The maximum absolute atomic E-state index is 11.7. The SMILES string of the molecule is Cc1ccc(OCNC(=O)Nc2cc(Cl)ccc2O)cc1. The van der Waals surface area contributed by atoms with E-state index < -0.39 is 6.03 Å². The first-order chi connectivity index (χ1) is 10.0. The van der Waals surface area contributed by atoms with Gasteiger partial charge in [-0.1, -0.05) is 29.3 Å². The molecule has 0 heterocycles. The molecule has 6 heteroatoms. The summed E-state index contributed by atoms with van der Waals surface area (Å²) >= 11 is 5.79. The van der Waals surface area contributed by atoms with Crippen molar-refractivity contribution in [2.24, 2.45) is 0 Å². The molecule has 0 aliphatic heterocycles. The van der Waals surface area contributed by atoms with Crippen LogP contribution in [0.15, 0.2) is 42.5 Å². The van der Waals surface area contributed by atoms with Gasteiger partial charge in [-0.25, -0.2) is 4.79 Å². The molecule has 0 spiro atoms. The number of hydrogen-bond donors (Lipinski definition) is 3. The van der Waals surface area contributed by atoms with Gasteiger partial charge in [-0.15, -0.1) is 0 Å². The standard InChI is InChI=1S/C15H15ClN2O3/c1-10-2-5-12(6-3-10)21-9-17-15(20)18-13-8-11(16)4-7-14(13)19/h2-8,19H,9H2,1H3,(H2,17,18,20). The van der Waals surface area contributed by atoms with Crippen molar-refractivity contribution in [2.45, 2.75) is 6.92 Å². The Morgan fingerprint density at radius 2 is 1.95 bits per heavy atom. The minimum atomic E-state index is -0.500. The molecule has 0 saturated heterocycles. The van der Waals surface area contributed by atoms with Crippen LogP contribution >= 0.6 is 11.6 Å². The topological polar surface area (TPSA) is 70.6 Å². The second-order valence-corrected chi connectivity index (χ2v) is 4.83. The Labute approximate surface area is 127 Å². The number of phenols is 1. The first kappa shape index (κ1) is 15.0. The lowest BCUT2D eigenvalue weighted by atomic mass is 10.2. The van der Waals surface area contributed by atoms with Crippen LogP contribution in [0.5, 0.6) is 11.5 Å². The fourth-order valence-electron chi connectivity index (χ4n) is 1.59. The van der Waals surface area contributed by atoms with E-state index in [1.54, 1.807) is 0 Å². The number of carbonyl (C=O) groups is 1. The van der Waals surface area contributed by atoms with Crippen LogP contribution in [0.25, 0.3) is 0 Å². The second kappa shape index (κ2) is 6.85. The van der Waals surface area contributed by atoms with E-state index in [9.17, 15) is 9.90 Å². The van der Waals surface area contributed by atoms with Crippen molar-refractivity contribution in [2.75, 3.05) is 12.0 Å². The number of carbonyl (C=O) groups excluding carboxylic acids is 1. The molecule has 5 nitrogen and oxygen atoms in total. The highest BCUT2D eigenvalue weighted by atomic mass is 35.5. The third-order valence-electron chi connectivity index (χ3n) is 2.70. The fraction of sp³-hybridized carbons (Fsp3) is 0.133. The highest BCUT2D eigenvalue weighted by molar-refractivity contribution is 6.31. The van der Waals surface area contributed by atoms with Crippen molar-refractivity contribution in [1.29, 1.82) is 0 Å². The maximum Gasteiger partial charge on any atom is 0.321 e.